The number of ether oxygens (including phenoxy) is 2. The van der Waals surface area contributed by atoms with Crippen molar-refractivity contribution in [3.63, 3.8) is 0 Å². The number of carbonyl (C=O) groups excluding carboxylic acids is 1. The van der Waals surface area contributed by atoms with Gasteiger partial charge in [-0.2, -0.15) is 0 Å². The Kier molecular flexibility index (Phi) is 5.41. The van der Waals surface area contributed by atoms with E-state index in [4.69, 9.17) is 15.9 Å². The smallest absolute Gasteiger partial charge is 0.334 e. The normalized spacial score (nSPS) is 20.0. The summed E-state index contributed by atoms with van der Waals surface area (Å²) in [5.74, 6) is 2.23. The second-order valence-corrected chi connectivity index (χ2v) is 6.08. The summed E-state index contributed by atoms with van der Waals surface area (Å²) in [7, 11) is 0. The fourth-order valence-corrected chi connectivity index (χ4v) is 2.47. The summed E-state index contributed by atoms with van der Waals surface area (Å²) in [5.41, 5.74) is 1.53. The minimum Gasteiger partial charge on any atom is -0.445 e. The number of cyclic esters (lactones) is 1. The van der Waals surface area contributed by atoms with Gasteiger partial charge < -0.3 is 9.47 Å². The van der Waals surface area contributed by atoms with Crippen molar-refractivity contribution in [2.45, 2.75) is 39.4 Å². The molecule has 3 nitrogen and oxygen atoms in total. The minimum absolute atomic E-state index is 0.301. The second-order valence-electron chi connectivity index (χ2n) is 6.08. The molecule has 1 aromatic rings. The van der Waals surface area contributed by atoms with E-state index >= 15 is 0 Å². The first-order valence-corrected chi connectivity index (χ1v) is 7.53. The Hall–Kier alpha value is -2.05. The molecular formula is C19H22O3. The van der Waals surface area contributed by atoms with Crippen LogP contribution in [0.5, 0.6) is 0 Å². The lowest BCUT2D eigenvalue weighted by Crippen LogP contribution is -2.36. The van der Waals surface area contributed by atoms with Gasteiger partial charge >= 0.3 is 5.97 Å². The SMILES string of the molecule is C#CC1OC(=O)C(CCCOCc2ccccc2)=CC1(C)C. The molecule has 1 aliphatic heterocycles. The zero-order valence-corrected chi connectivity index (χ0v) is 13.2. The molecule has 116 valence electrons. The summed E-state index contributed by atoms with van der Waals surface area (Å²) in [6.07, 6.45) is 8.29. The summed E-state index contributed by atoms with van der Waals surface area (Å²) >= 11 is 0. The molecule has 3 heteroatoms. The van der Waals surface area contributed by atoms with Gasteiger partial charge in [0.05, 0.1) is 6.61 Å². The van der Waals surface area contributed by atoms with Gasteiger partial charge in [0.15, 0.2) is 6.10 Å². The zero-order chi connectivity index (χ0) is 16.0. The molecule has 0 radical (unpaired) electrons. The molecule has 1 atom stereocenters. The van der Waals surface area contributed by atoms with Gasteiger partial charge in [0.25, 0.3) is 0 Å². The van der Waals surface area contributed by atoms with E-state index in [-0.39, 0.29) is 11.4 Å². The molecular weight excluding hydrogens is 276 g/mol. The first-order valence-electron chi connectivity index (χ1n) is 7.53. The molecule has 0 aromatic heterocycles. The standard InChI is InChI=1S/C19H22O3/c1-4-17-19(2,3)13-16(18(20)22-17)11-8-12-21-14-15-9-6-5-7-10-15/h1,5-7,9-10,13,17H,8,11-12,14H2,2-3H3. The molecule has 1 aromatic carbocycles. The van der Waals surface area contributed by atoms with Gasteiger partial charge in [-0.1, -0.05) is 56.2 Å². The van der Waals surface area contributed by atoms with E-state index in [1.54, 1.807) is 0 Å². The average molecular weight is 298 g/mol. The van der Waals surface area contributed by atoms with E-state index in [2.05, 4.69) is 5.92 Å². The van der Waals surface area contributed by atoms with E-state index in [0.29, 0.717) is 25.2 Å². The Morgan fingerprint density at radius 1 is 1.32 bits per heavy atom. The number of esters is 1. The molecule has 1 unspecified atom stereocenters. The third-order valence-electron chi connectivity index (χ3n) is 3.71. The summed E-state index contributed by atoms with van der Waals surface area (Å²) < 4.78 is 10.9. The summed E-state index contributed by atoms with van der Waals surface area (Å²) in [6.45, 7) is 5.17. The van der Waals surface area contributed by atoms with Crippen LogP contribution in [-0.4, -0.2) is 18.7 Å². The van der Waals surface area contributed by atoms with Gasteiger partial charge in [0.1, 0.15) is 0 Å². The lowest BCUT2D eigenvalue weighted by Gasteiger charge is -2.32. The first-order chi connectivity index (χ1) is 10.5. The van der Waals surface area contributed by atoms with Gasteiger partial charge in [-0.25, -0.2) is 4.79 Å². The lowest BCUT2D eigenvalue weighted by molar-refractivity contribution is -0.147. The van der Waals surface area contributed by atoms with Crippen molar-refractivity contribution in [1.82, 2.24) is 0 Å². The van der Waals surface area contributed by atoms with Crippen molar-refractivity contribution in [2.75, 3.05) is 6.61 Å². The monoisotopic (exact) mass is 298 g/mol. The molecule has 0 saturated heterocycles. The van der Waals surface area contributed by atoms with Crippen molar-refractivity contribution in [1.29, 1.82) is 0 Å². The predicted molar refractivity (Wildman–Crippen MR) is 85.9 cm³/mol. The highest BCUT2D eigenvalue weighted by molar-refractivity contribution is 5.89. The van der Waals surface area contributed by atoms with Crippen LogP contribution in [0.3, 0.4) is 0 Å². The zero-order valence-electron chi connectivity index (χ0n) is 13.2. The van der Waals surface area contributed by atoms with Crippen LogP contribution < -0.4 is 0 Å². The van der Waals surface area contributed by atoms with Crippen LogP contribution in [0.2, 0.25) is 0 Å². The quantitative estimate of drug-likeness (QED) is 0.458. The number of terminal acetylenes is 1. The largest absolute Gasteiger partial charge is 0.445 e. The maximum atomic E-state index is 11.9. The van der Waals surface area contributed by atoms with Crippen LogP contribution in [0.1, 0.15) is 32.3 Å². The highest BCUT2D eigenvalue weighted by atomic mass is 16.5. The summed E-state index contributed by atoms with van der Waals surface area (Å²) in [5, 5.41) is 0. The van der Waals surface area contributed by atoms with Crippen molar-refractivity contribution in [3.8, 4) is 12.3 Å². The van der Waals surface area contributed by atoms with Crippen LogP contribution in [-0.2, 0) is 20.9 Å². The summed E-state index contributed by atoms with van der Waals surface area (Å²) in [6, 6.07) is 10.0. The Morgan fingerprint density at radius 2 is 2.05 bits per heavy atom. The van der Waals surface area contributed by atoms with Gasteiger partial charge in [0, 0.05) is 17.6 Å². The molecule has 1 aliphatic rings. The van der Waals surface area contributed by atoms with Crippen molar-refractivity contribution in [3.05, 3.63) is 47.5 Å². The number of carbonyl (C=O) groups is 1. The molecule has 0 spiro atoms. The molecule has 1 heterocycles. The van der Waals surface area contributed by atoms with Gasteiger partial charge in [-0.3, -0.25) is 0 Å². The third kappa shape index (κ3) is 4.22. The van der Waals surface area contributed by atoms with Gasteiger partial charge in [0.2, 0.25) is 0 Å². The molecule has 0 N–H and O–H groups in total. The van der Waals surface area contributed by atoms with Crippen LogP contribution in [0.15, 0.2) is 42.0 Å². The van der Waals surface area contributed by atoms with Crippen molar-refractivity contribution < 1.29 is 14.3 Å². The third-order valence-corrected chi connectivity index (χ3v) is 3.71. The van der Waals surface area contributed by atoms with E-state index in [0.717, 1.165) is 12.0 Å². The van der Waals surface area contributed by atoms with Crippen LogP contribution in [0.25, 0.3) is 0 Å². The number of rotatable bonds is 6. The van der Waals surface area contributed by atoms with Crippen LogP contribution in [0, 0.1) is 17.8 Å². The Morgan fingerprint density at radius 3 is 2.73 bits per heavy atom. The fraction of sp³-hybridized carbons (Fsp3) is 0.421. The second kappa shape index (κ2) is 7.29. The molecule has 0 fully saturated rings. The topological polar surface area (TPSA) is 35.5 Å². The van der Waals surface area contributed by atoms with Crippen LogP contribution >= 0.6 is 0 Å². The lowest BCUT2D eigenvalue weighted by atomic mass is 9.82. The maximum Gasteiger partial charge on any atom is 0.334 e. The van der Waals surface area contributed by atoms with Gasteiger partial charge in [-0.15, -0.1) is 6.42 Å². The first kappa shape index (κ1) is 16.3. The Bertz CT molecular complexity index is 578. The summed E-state index contributed by atoms with van der Waals surface area (Å²) in [4.78, 5) is 11.9. The minimum atomic E-state index is -0.488. The number of benzene rings is 1. The van der Waals surface area contributed by atoms with Crippen molar-refractivity contribution >= 4 is 5.97 Å². The van der Waals surface area contributed by atoms with E-state index in [1.165, 1.54) is 0 Å². The molecule has 0 amide bonds. The molecule has 2 rings (SSSR count). The molecule has 0 bridgehead atoms. The Labute approximate surface area is 132 Å². The fourth-order valence-electron chi connectivity index (χ4n) is 2.47. The van der Waals surface area contributed by atoms with Crippen molar-refractivity contribution in [2.24, 2.45) is 5.41 Å². The van der Waals surface area contributed by atoms with E-state index < -0.39 is 6.10 Å². The molecule has 0 saturated carbocycles. The number of hydrogen-bond acceptors (Lipinski definition) is 3. The molecule has 22 heavy (non-hydrogen) atoms. The Balaban J connectivity index is 1.78. The number of hydrogen-bond donors (Lipinski definition) is 0. The molecule has 0 aliphatic carbocycles. The highest BCUT2D eigenvalue weighted by Crippen LogP contribution is 2.32. The van der Waals surface area contributed by atoms with E-state index in [1.807, 2.05) is 50.3 Å². The average Bonchev–Trinajstić information content (AvgIpc) is 2.50. The highest BCUT2D eigenvalue weighted by Gasteiger charge is 2.35. The van der Waals surface area contributed by atoms with Crippen LogP contribution in [0.4, 0.5) is 0 Å². The predicted octanol–water partition coefficient (Wildman–Crippen LogP) is 3.49. The van der Waals surface area contributed by atoms with Gasteiger partial charge in [-0.05, 0) is 18.4 Å². The maximum absolute atomic E-state index is 11.9. The van der Waals surface area contributed by atoms with E-state index in [9.17, 15) is 4.79 Å².